The zero-order valence-electron chi connectivity index (χ0n) is 22.3. The Morgan fingerprint density at radius 2 is 1.48 bits per heavy atom. The van der Waals surface area contributed by atoms with E-state index in [1.807, 2.05) is 0 Å². The average molecular weight is 590 g/mol. The van der Waals surface area contributed by atoms with E-state index in [9.17, 15) is 22.8 Å². The van der Waals surface area contributed by atoms with Crippen LogP contribution >= 0.6 is 11.6 Å². The first kappa shape index (κ1) is 30.3. The summed E-state index contributed by atoms with van der Waals surface area (Å²) in [5.74, 6) is -1.27. The smallest absolute Gasteiger partial charge is 0.338 e. The summed E-state index contributed by atoms with van der Waals surface area (Å²) < 4.78 is 44.6. The molecule has 2 amide bonds. The van der Waals surface area contributed by atoms with E-state index in [2.05, 4.69) is 15.4 Å². The number of carbonyl (C=O) groups excluding carboxylic acids is 3. The third kappa shape index (κ3) is 7.42. The van der Waals surface area contributed by atoms with Crippen molar-refractivity contribution in [2.75, 3.05) is 29.6 Å². The predicted octanol–water partition coefficient (Wildman–Crippen LogP) is 4.61. The minimum Gasteiger partial charge on any atom is -0.495 e. The zero-order chi connectivity index (χ0) is 29.6. The van der Waals surface area contributed by atoms with Crippen LogP contribution in [-0.2, 0) is 24.3 Å². The Balaban J connectivity index is 1.75. The van der Waals surface area contributed by atoms with Gasteiger partial charge >= 0.3 is 5.97 Å². The Hall–Kier alpha value is -4.29. The number of rotatable bonds is 10. The Morgan fingerprint density at radius 1 is 0.875 bits per heavy atom. The minimum absolute atomic E-state index is 0.0658. The van der Waals surface area contributed by atoms with Crippen LogP contribution in [0.5, 0.6) is 11.5 Å². The third-order valence-electron chi connectivity index (χ3n) is 5.56. The highest BCUT2D eigenvalue weighted by molar-refractivity contribution is 7.92. The summed E-state index contributed by atoms with van der Waals surface area (Å²) >= 11 is 6.16. The second-order valence-electron chi connectivity index (χ2n) is 8.57. The first-order valence-electron chi connectivity index (χ1n) is 11.8. The largest absolute Gasteiger partial charge is 0.495 e. The summed E-state index contributed by atoms with van der Waals surface area (Å²) in [7, 11) is -1.43. The van der Waals surface area contributed by atoms with E-state index >= 15 is 0 Å². The molecule has 0 aromatic heterocycles. The van der Waals surface area contributed by atoms with Gasteiger partial charge in [-0.05, 0) is 61.9 Å². The van der Waals surface area contributed by atoms with E-state index in [0.717, 1.165) is 6.07 Å². The minimum atomic E-state index is -4.21. The number of amides is 2. The molecule has 3 aromatic rings. The molecule has 11 nitrogen and oxygen atoms in total. The van der Waals surface area contributed by atoms with Crippen LogP contribution in [0.2, 0.25) is 5.02 Å². The first-order valence-corrected chi connectivity index (χ1v) is 13.6. The molecular formula is C27H28ClN3O8S. The van der Waals surface area contributed by atoms with Gasteiger partial charge in [-0.3, -0.25) is 14.3 Å². The molecule has 0 radical (unpaired) electrons. The lowest BCUT2D eigenvalue weighted by Gasteiger charge is -2.16. The highest BCUT2D eigenvalue weighted by Crippen LogP contribution is 2.37. The maximum atomic E-state index is 13.3. The average Bonchev–Trinajstić information content (AvgIpc) is 2.89. The Kier molecular flexibility index (Phi) is 9.61. The Labute approximate surface area is 236 Å². The van der Waals surface area contributed by atoms with Crippen molar-refractivity contribution in [3.05, 3.63) is 70.7 Å². The molecule has 0 fully saturated rings. The van der Waals surface area contributed by atoms with Gasteiger partial charge in [-0.2, -0.15) is 0 Å². The highest BCUT2D eigenvalue weighted by atomic mass is 35.5. The number of aryl methyl sites for hydroxylation is 1. The number of carbonyl (C=O) groups is 3. The van der Waals surface area contributed by atoms with Crippen molar-refractivity contribution in [2.45, 2.75) is 31.8 Å². The summed E-state index contributed by atoms with van der Waals surface area (Å²) in [6, 6.07) is 13.1. The van der Waals surface area contributed by atoms with Crippen LogP contribution < -0.4 is 24.8 Å². The van der Waals surface area contributed by atoms with Crippen LogP contribution in [0, 0.1) is 6.92 Å². The molecule has 3 rings (SSSR count). The molecule has 0 bridgehead atoms. The molecule has 0 aliphatic heterocycles. The van der Waals surface area contributed by atoms with Gasteiger partial charge in [0.25, 0.3) is 15.9 Å². The number of anilines is 3. The molecule has 0 heterocycles. The summed E-state index contributed by atoms with van der Waals surface area (Å²) in [6.45, 7) is 4.32. The number of sulfonamides is 1. The molecule has 3 N–H and O–H groups in total. The van der Waals surface area contributed by atoms with Crippen LogP contribution in [0.1, 0.15) is 29.8 Å². The lowest BCUT2D eigenvalue weighted by molar-refractivity contribution is -0.123. The van der Waals surface area contributed by atoms with Crippen LogP contribution in [0.4, 0.5) is 17.1 Å². The van der Waals surface area contributed by atoms with Crippen molar-refractivity contribution >= 4 is 56.5 Å². The maximum absolute atomic E-state index is 13.3. The Morgan fingerprint density at radius 3 is 2.05 bits per heavy atom. The second-order valence-corrected chi connectivity index (χ2v) is 10.6. The number of methoxy groups -OCH3 is 2. The van der Waals surface area contributed by atoms with Gasteiger partial charge in [0.15, 0.2) is 6.10 Å². The fraction of sp³-hybridized carbons (Fsp3) is 0.222. The summed E-state index contributed by atoms with van der Waals surface area (Å²) in [5, 5.41) is 5.38. The fourth-order valence-corrected chi connectivity index (χ4v) is 5.10. The second kappa shape index (κ2) is 12.7. The molecule has 3 aromatic carbocycles. The summed E-state index contributed by atoms with van der Waals surface area (Å²) in [6.07, 6.45) is -1.20. The van der Waals surface area contributed by atoms with Crippen molar-refractivity contribution in [1.29, 1.82) is 0 Å². The topological polar surface area (TPSA) is 149 Å². The van der Waals surface area contributed by atoms with Crippen molar-refractivity contribution in [3.63, 3.8) is 0 Å². The normalized spacial score (nSPS) is 11.7. The number of ether oxygens (including phenoxy) is 3. The number of nitrogens with one attached hydrogen (secondary N) is 3. The third-order valence-corrected chi connectivity index (χ3v) is 7.36. The van der Waals surface area contributed by atoms with E-state index in [4.69, 9.17) is 25.8 Å². The van der Waals surface area contributed by atoms with Gasteiger partial charge in [-0.25, -0.2) is 13.2 Å². The van der Waals surface area contributed by atoms with Crippen LogP contribution in [-0.4, -0.2) is 46.5 Å². The van der Waals surface area contributed by atoms with Crippen molar-refractivity contribution in [3.8, 4) is 11.5 Å². The van der Waals surface area contributed by atoms with Gasteiger partial charge in [0, 0.05) is 24.4 Å². The van der Waals surface area contributed by atoms with Gasteiger partial charge in [0.05, 0.1) is 35.4 Å². The molecule has 40 heavy (non-hydrogen) atoms. The van der Waals surface area contributed by atoms with E-state index in [1.54, 1.807) is 31.2 Å². The number of hydrogen-bond acceptors (Lipinski definition) is 8. The van der Waals surface area contributed by atoms with E-state index in [0.29, 0.717) is 22.7 Å². The maximum Gasteiger partial charge on any atom is 0.338 e. The number of halogens is 1. The van der Waals surface area contributed by atoms with Crippen molar-refractivity contribution < 1.29 is 37.0 Å². The van der Waals surface area contributed by atoms with E-state index in [-0.39, 0.29) is 32.8 Å². The standard InChI is InChI=1S/C27H28ClN3O8S/c1-15-6-7-18(12-25(15)40(35,36)31-22-13-21(28)23(37-4)14-24(22)38-5)27(34)39-16(2)26(33)30-20-10-8-19(9-11-20)29-17(3)32/h6-14,16,31H,1-5H3,(H,29,32)(H,30,33)/t16-/m0/s1. The monoisotopic (exact) mass is 589 g/mol. The molecule has 0 aliphatic carbocycles. The zero-order valence-corrected chi connectivity index (χ0v) is 23.9. The van der Waals surface area contributed by atoms with Crippen molar-refractivity contribution in [2.24, 2.45) is 0 Å². The van der Waals surface area contributed by atoms with Crippen LogP contribution in [0.15, 0.2) is 59.5 Å². The van der Waals surface area contributed by atoms with E-state index < -0.39 is 28.0 Å². The number of benzene rings is 3. The lowest BCUT2D eigenvalue weighted by Crippen LogP contribution is -2.30. The lowest BCUT2D eigenvalue weighted by atomic mass is 10.1. The fourth-order valence-electron chi connectivity index (χ4n) is 3.52. The van der Waals surface area contributed by atoms with E-state index in [1.165, 1.54) is 52.3 Å². The van der Waals surface area contributed by atoms with Gasteiger partial charge in [-0.15, -0.1) is 0 Å². The summed E-state index contributed by atoms with van der Waals surface area (Å²) in [4.78, 5) is 36.3. The predicted molar refractivity (Wildman–Crippen MR) is 151 cm³/mol. The molecule has 0 saturated heterocycles. The molecule has 0 spiro atoms. The molecule has 1 atom stereocenters. The number of esters is 1. The van der Waals surface area contributed by atoms with Gasteiger partial charge < -0.3 is 24.8 Å². The molecule has 0 aliphatic rings. The summed E-state index contributed by atoms with van der Waals surface area (Å²) in [5.41, 5.74) is 1.32. The van der Waals surface area contributed by atoms with Gasteiger partial charge in [0.1, 0.15) is 11.5 Å². The quantitative estimate of drug-likeness (QED) is 0.290. The van der Waals surface area contributed by atoms with Crippen LogP contribution in [0.25, 0.3) is 0 Å². The Bertz CT molecular complexity index is 1540. The SMILES string of the molecule is COc1cc(OC)c(NS(=O)(=O)c2cc(C(=O)O[C@@H](C)C(=O)Nc3ccc(NC(C)=O)cc3)ccc2C)cc1Cl. The van der Waals surface area contributed by atoms with Gasteiger partial charge in [-0.1, -0.05) is 17.7 Å². The van der Waals surface area contributed by atoms with Crippen molar-refractivity contribution in [1.82, 2.24) is 0 Å². The molecule has 0 unspecified atom stereocenters. The van der Waals surface area contributed by atoms with Gasteiger partial charge in [0.2, 0.25) is 5.91 Å². The molecule has 212 valence electrons. The molecule has 0 saturated carbocycles. The number of hydrogen-bond donors (Lipinski definition) is 3. The highest BCUT2D eigenvalue weighted by Gasteiger charge is 2.24. The molecular weight excluding hydrogens is 562 g/mol. The first-order chi connectivity index (χ1) is 18.8. The van der Waals surface area contributed by atoms with Crippen LogP contribution in [0.3, 0.4) is 0 Å². The molecule has 13 heteroatoms.